The van der Waals surface area contributed by atoms with Gasteiger partial charge in [-0.2, -0.15) is 0 Å². The molecule has 0 bridgehead atoms. The van der Waals surface area contributed by atoms with Gasteiger partial charge in [0.05, 0.1) is 5.56 Å². The van der Waals surface area contributed by atoms with Gasteiger partial charge in [-0.15, -0.1) is 0 Å². The van der Waals surface area contributed by atoms with E-state index in [1.54, 1.807) is 0 Å². The summed E-state index contributed by atoms with van der Waals surface area (Å²) in [6, 6.07) is 3.38. The summed E-state index contributed by atoms with van der Waals surface area (Å²) in [5, 5.41) is 12.3. The van der Waals surface area contributed by atoms with Crippen LogP contribution in [0.2, 0.25) is 0 Å². The highest BCUT2D eigenvalue weighted by Crippen LogP contribution is 2.21. The van der Waals surface area contributed by atoms with E-state index in [4.69, 9.17) is 0 Å². The van der Waals surface area contributed by atoms with Crippen molar-refractivity contribution in [3.63, 3.8) is 0 Å². The molecule has 0 aromatic heterocycles. The van der Waals surface area contributed by atoms with Crippen molar-refractivity contribution in [3.05, 3.63) is 47.5 Å². The molecular weight excluding hydrogens is 264 g/mol. The Hall–Kier alpha value is -1.75. The maximum absolute atomic E-state index is 13.4. The zero-order chi connectivity index (χ0) is 14.5. The van der Waals surface area contributed by atoms with E-state index in [0.717, 1.165) is 25.0 Å². The number of allylic oxidation sites excluding steroid dienone is 2. The average molecular weight is 281 g/mol. The van der Waals surface area contributed by atoms with E-state index in [-0.39, 0.29) is 18.4 Å². The molecule has 2 rings (SSSR count). The molecule has 2 atom stereocenters. The van der Waals surface area contributed by atoms with Gasteiger partial charge in [-0.25, -0.2) is 8.78 Å². The Kier molecular flexibility index (Phi) is 4.84. The number of amides is 1. The molecule has 3 nitrogen and oxygen atoms in total. The van der Waals surface area contributed by atoms with Crippen molar-refractivity contribution < 1.29 is 18.7 Å². The SMILES string of the molecule is O=C(CC1C=CCC1)NCC(O)c1c(F)cccc1F. The molecule has 0 fully saturated rings. The summed E-state index contributed by atoms with van der Waals surface area (Å²) in [6.07, 6.45) is 4.88. The predicted octanol–water partition coefficient (Wildman–Crippen LogP) is 2.47. The first-order valence-electron chi connectivity index (χ1n) is 6.63. The highest BCUT2D eigenvalue weighted by atomic mass is 19.1. The minimum Gasteiger partial charge on any atom is -0.386 e. The molecule has 0 heterocycles. The van der Waals surface area contributed by atoms with Crippen molar-refractivity contribution in [1.29, 1.82) is 0 Å². The van der Waals surface area contributed by atoms with Crippen LogP contribution in [-0.4, -0.2) is 17.6 Å². The minimum atomic E-state index is -1.39. The monoisotopic (exact) mass is 281 g/mol. The fourth-order valence-corrected chi connectivity index (χ4v) is 2.32. The minimum absolute atomic E-state index is 0.201. The highest BCUT2D eigenvalue weighted by molar-refractivity contribution is 5.76. The number of aliphatic hydroxyl groups excluding tert-OH is 1. The molecule has 1 aliphatic rings. The molecule has 2 unspecified atom stereocenters. The lowest BCUT2D eigenvalue weighted by atomic mass is 10.0. The van der Waals surface area contributed by atoms with E-state index in [0.29, 0.717) is 6.42 Å². The lowest BCUT2D eigenvalue weighted by Crippen LogP contribution is -2.30. The summed E-state index contributed by atoms with van der Waals surface area (Å²) >= 11 is 0. The summed E-state index contributed by atoms with van der Waals surface area (Å²) in [4.78, 5) is 11.7. The van der Waals surface area contributed by atoms with Crippen LogP contribution in [0.15, 0.2) is 30.4 Å². The van der Waals surface area contributed by atoms with E-state index in [1.807, 2.05) is 12.2 Å². The third kappa shape index (κ3) is 3.63. The molecule has 1 aliphatic carbocycles. The number of benzene rings is 1. The van der Waals surface area contributed by atoms with E-state index in [9.17, 15) is 18.7 Å². The Labute approximate surface area is 116 Å². The van der Waals surface area contributed by atoms with Crippen LogP contribution < -0.4 is 5.32 Å². The zero-order valence-electron chi connectivity index (χ0n) is 11.0. The Morgan fingerprint density at radius 1 is 1.40 bits per heavy atom. The number of rotatable bonds is 5. The van der Waals surface area contributed by atoms with Crippen molar-refractivity contribution in [2.75, 3.05) is 6.54 Å². The summed E-state index contributed by atoms with van der Waals surface area (Å²) in [7, 11) is 0. The van der Waals surface area contributed by atoms with Crippen molar-refractivity contribution in [2.24, 2.45) is 5.92 Å². The van der Waals surface area contributed by atoms with Gasteiger partial charge in [0, 0.05) is 13.0 Å². The quantitative estimate of drug-likeness (QED) is 0.815. The predicted molar refractivity (Wildman–Crippen MR) is 70.8 cm³/mol. The van der Waals surface area contributed by atoms with Crippen LogP contribution in [-0.2, 0) is 4.79 Å². The Balaban J connectivity index is 1.86. The first-order valence-corrected chi connectivity index (χ1v) is 6.63. The third-order valence-electron chi connectivity index (χ3n) is 3.39. The Bertz CT molecular complexity index is 496. The molecule has 0 saturated carbocycles. The van der Waals surface area contributed by atoms with Crippen LogP contribution in [0, 0.1) is 17.6 Å². The molecule has 2 N–H and O–H groups in total. The van der Waals surface area contributed by atoms with Crippen LogP contribution in [0.3, 0.4) is 0 Å². The van der Waals surface area contributed by atoms with E-state index in [1.165, 1.54) is 6.07 Å². The number of hydrogen-bond acceptors (Lipinski definition) is 2. The number of nitrogens with one attached hydrogen (secondary N) is 1. The number of hydrogen-bond donors (Lipinski definition) is 2. The van der Waals surface area contributed by atoms with Crippen LogP contribution in [0.4, 0.5) is 8.78 Å². The first kappa shape index (κ1) is 14.7. The van der Waals surface area contributed by atoms with Crippen LogP contribution in [0.25, 0.3) is 0 Å². The van der Waals surface area contributed by atoms with Gasteiger partial charge in [0.1, 0.15) is 17.7 Å². The number of halogens is 2. The molecule has 1 amide bonds. The Morgan fingerprint density at radius 2 is 2.10 bits per heavy atom. The smallest absolute Gasteiger partial charge is 0.220 e. The maximum Gasteiger partial charge on any atom is 0.220 e. The fourth-order valence-electron chi connectivity index (χ4n) is 2.32. The molecule has 0 aliphatic heterocycles. The lowest BCUT2D eigenvalue weighted by molar-refractivity contribution is -0.122. The van der Waals surface area contributed by atoms with Crippen LogP contribution in [0.5, 0.6) is 0 Å². The second-order valence-electron chi connectivity index (χ2n) is 4.92. The van der Waals surface area contributed by atoms with Gasteiger partial charge in [-0.05, 0) is 30.9 Å². The van der Waals surface area contributed by atoms with E-state index < -0.39 is 23.3 Å². The van der Waals surface area contributed by atoms with Gasteiger partial charge >= 0.3 is 0 Å². The van der Waals surface area contributed by atoms with E-state index in [2.05, 4.69) is 5.32 Å². The number of carbonyl (C=O) groups excluding carboxylic acids is 1. The second-order valence-corrected chi connectivity index (χ2v) is 4.92. The fraction of sp³-hybridized carbons (Fsp3) is 0.400. The molecule has 1 aromatic rings. The normalized spacial score (nSPS) is 19.1. The van der Waals surface area contributed by atoms with Crippen molar-refractivity contribution in [1.82, 2.24) is 5.32 Å². The summed E-state index contributed by atoms with van der Waals surface area (Å²) in [6.45, 7) is -0.201. The highest BCUT2D eigenvalue weighted by Gasteiger charge is 2.19. The molecular formula is C15H17F2NO2. The first-order chi connectivity index (χ1) is 9.58. The molecule has 20 heavy (non-hydrogen) atoms. The molecule has 108 valence electrons. The zero-order valence-corrected chi connectivity index (χ0v) is 11.0. The lowest BCUT2D eigenvalue weighted by Gasteiger charge is -2.14. The molecule has 1 aromatic carbocycles. The Morgan fingerprint density at radius 3 is 2.70 bits per heavy atom. The summed E-state index contributed by atoms with van der Waals surface area (Å²) in [5.41, 5.74) is -0.409. The van der Waals surface area contributed by atoms with Gasteiger partial charge < -0.3 is 10.4 Å². The second kappa shape index (κ2) is 6.61. The average Bonchev–Trinajstić information content (AvgIpc) is 2.89. The third-order valence-corrected chi connectivity index (χ3v) is 3.39. The van der Waals surface area contributed by atoms with Gasteiger partial charge in [0.15, 0.2) is 0 Å². The van der Waals surface area contributed by atoms with Gasteiger partial charge in [-0.3, -0.25) is 4.79 Å². The molecule has 0 spiro atoms. The topological polar surface area (TPSA) is 49.3 Å². The van der Waals surface area contributed by atoms with Crippen molar-refractivity contribution in [3.8, 4) is 0 Å². The summed E-state index contributed by atoms with van der Waals surface area (Å²) in [5.74, 6) is -1.63. The van der Waals surface area contributed by atoms with E-state index >= 15 is 0 Å². The van der Waals surface area contributed by atoms with Gasteiger partial charge in [0.2, 0.25) is 5.91 Å². The van der Waals surface area contributed by atoms with Crippen molar-refractivity contribution in [2.45, 2.75) is 25.4 Å². The standard InChI is InChI=1S/C15H17F2NO2/c16-11-6-3-7-12(17)15(11)13(19)9-18-14(20)8-10-4-1-2-5-10/h1,3-4,6-7,10,13,19H,2,5,8-9H2,(H,18,20). The number of carbonyl (C=O) groups is 1. The maximum atomic E-state index is 13.4. The largest absolute Gasteiger partial charge is 0.386 e. The van der Waals surface area contributed by atoms with Crippen molar-refractivity contribution >= 4 is 5.91 Å². The van der Waals surface area contributed by atoms with Crippen LogP contribution in [0.1, 0.15) is 30.9 Å². The van der Waals surface area contributed by atoms with Gasteiger partial charge in [-0.1, -0.05) is 18.2 Å². The van der Waals surface area contributed by atoms with Gasteiger partial charge in [0.25, 0.3) is 0 Å². The number of aliphatic hydroxyl groups is 1. The molecule has 0 radical (unpaired) electrons. The van der Waals surface area contributed by atoms with Crippen LogP contribution >= 0.6 is 0 Å². The molecule has 5 heteroatoms. The summed E-state index contributed by atoms with van der Waals surface area (Å²) < 4.78 is 26.9. The molecule has 0 saturated heterocycles.